The molecule has 0 aromatic carbocycles. The van der Waals surface area contributed by atoms with Gasteiger partial charge >= 0.3 is 0 Å². The first-order valence-corrected chi connectivity index (χ1v) is 4.84. The zero-order valence-electron chi connectivity index (χ0n) is 7.98. The highest BCUT2D eigenvalue weighted by atomic mass is 15.7. The molecule has 2 atom stereocenters. The minimum atomic E-state index is 0.280. The average molecular weight is 166 g/mol. The topological polar surface area (TPSA) is 43.9 Å². The Bertz CT molecular complexity index is 206. The molecule has 12 heavy (non-hydrogen) atoms. The third-order valence-electron chi connectivity index (χ3n) is 3.50. The molecule has 2 fully saturated rings. The monoisotopic (exact) mass is 166 g/mol. The van der Waals surface area contributed by atoms with Crippen LogP contribution in [0.25, 0.3) is 0 Å². The van der Waals surface area contributed by atoms with Crippen LogP contribution in [-0.2, 0) is 0 Å². The summed E-state index contributed by atoms with van der Waals surface area (Å²) in [5, 5.41) is 0. The van der Waals surface area contributed by atoms with Gasteiger partial charge in [0.2, 0.25) is 0 Å². The zero-order valence-corrected chi connectivity index (χ0v) is 7.98. The van der Waals surface area contributed by atoms with Crippen molar-refractivity contribution in [3.05, 3.63) is 12.2 Å². The van der Waals surface area contributed by atoms with Crippen molar-refractivity contribution in [3.8, 4) is 0 Å². The average Bonchev–Trinajstić information content (AvgIpc) is 2.76. The molecule has 2 nitrogen and oxygen atoms in total. The van der Waals surface area contributed by atoms with E-state index >= 15 is 0 Å². The molecule has 0 aromatic rings. The SMILES string of the molecule is C=C(C)C1CCC(C)C2(C1)NN2. The molecule has 0 aromatic heterocycles. The van der Waals surface area contributed by atoms with Crippen molar-refractivity contribution in [1.29, 1.82) is 0 Å². The summed E-state index contributed by atoms with van der Waals surface area (Å²) in [5.41, 5.74) is 8.21. The molecule has 0 amide bonds. The van der Waals surface area contributed by atoms with Crippen molar-refractivity contribution in [2.75, 3.05) is 0 Å². The van der Waals surface area contributed by atoms with Gasteiger partial charge in [-0.3, -0.25) is 0 Å². The van der Waals surface area contributed by atoms with E-state index in [4.69, 9.17) is 0 Å². The van der Waals surface area contributed by atoms with Crippen LogP contribution in [0.1, 0.15) is 33.1 Å². The van der Waals surface area contributed by atoms with Gasteiger partial charge in [0.1, 0.15) is 0 Å². The molecule has 2 aliphatic rings. The summed E-state index contributed by atoms with van der Waals surface area (Å²) in [5.74, 6) is 1.50. The van der Waals surface area contributed by atoms with Crippen molar-refractivity contribution in [1.82, 2.24) is 10.9 Å². The van der Waals surface area contributed by atoms with E-state index in [1.54, 1.807) is 0 Å². The van der Waals surface area contributed by atoms with Crippen molar-refractivity contribution >= 4 is 0 Å². The quantitative estimate of drug-likeness (QED) is 0.461. The smallest absolute Gasteiger partial charge is 0.0974 e. The molecule has 1 aliphatic carbocycles. The van der Waals surface area contributed by atoms with E-state index in [-0.39, 0.29) is 5.66 Å². The van der Waals surface area contributed by atoms with Crippen LogP contribution in [0, 0.1) is 11.8 Å². The van der Waals surface area contributed by atoms with Crippen molar-refractivity contribution < 1.29 is 0 Å². The maximum atomic E-state index is 4.04. The normalized spacial score (nSPS) is 38.2. The second kappa shape index (κ2) is 2.57. The van der Waals surface area contributed by atoms with E-state index < -0.39 is 0 Å². The Hall–Kier alpha value is -0.340. The van der Waals surface area contributed by atoms with Gasteiger partial charge in [0.25, 0.3) is 0 Å². The molecule has 2 unspecified atom stereocenters. The lowest BCUT2D eigenvalue weighted by Gasteiger charge is -2.32. The lowest BCUT2D eigenvalue weighted by molar-refractivity contribution is 0.242. The molecule has 2 rings (SSSR count). The molecule has 2 N–H and O–H groups in total. The third-order valence-corrected chi connectivity index (χ3v) is 3.50. The number of hydrogen-bond donors (Lipinski definition) is 2. The van der Waals surface area contributed by atoms with Crippen LogP contribution in [0.15, 0.2) is 12.2 Å². The minimum absolute atomic E-state index is 0.280. The van der Waals surface area contributed by atoms with Crippen LogP contribution in [0.3, 0.4) is 0 Å². The van der Waals surface area contributed by atoms with Gasteiger partial charge in [-0.2, -0.15) is 0 Å². The second-order valence-corrected chi connectivity index (χ2v) is 4.45. The van der Waals surface area contributed by atoms with E-state index in [2.05, 4.69) is 31.3 Å². The first-order chi connectivity index (χ1) is 5.64. The molecule has 68 valence electrons. The first-order valence-electron chi connectivity index (χ1n) is 4.84. The molecule has 1 saturated heterocycles. The number of nitrogens with one attached hydrogen (secondary N) is 2. The Morgan fingerprint density at radius 2 is 2.08 bits per heavy atom. The van der Waals surface area contributed by atoms with Gasteiger partial charge in [0, 0.05) is 0 Å². The second-order valence-electron chi connectivity index (χ2n) is 4.45. The molecule has 1 spiro atoms. The standard InChI is InChI=1S/C10H18N2/c1-7(2)9-5-4-8(3)10(6-9)11-12-10/h8-9,11-12H,1,4-6H2,2-3H3. The summed E-state index contributed by atoms with van der Waals surface area (Å²) in [7, 11) is 0. The molecule has 0 radical (unpaired) electrons. The number of hydrazine groups is 1. The Balaban J connectivity index is 2.03. The van der Waals surface area contributed by atoms with Gasteiger partial charge in [-0.25, -0.2) is 10.9 Å². The maximum Gasteiger partial charge on any atom is 0.0974 e. The minimum Gasteiger partial charge on any atom is -0.235 e. The Morgan fingerprint density at radius 1 is 1.42 bits per heavy atom. The maximum absolute atomic E-state index is 4.04. The van der Waals surface area contributed by atoms with E-state index in [1.807, 2.05) is 0 Å². The Kier molecular flexibility index (Phi) is 1.77. The fourth-order valence-electron chi connectivity index (χ4n) is 2.24. The van der Waals surface area contributed by atoms with Gasteiger partial charge in [-0.05, 0) is 38.0 Å². The van der Waals surface area contributed by atoms with Gasteiger partial charge in [0.05, 0.1) is 5.66 Å². The summed E-state index contributed by atoms with van der Waals surface area (Å²) in [4.78, 5) is 0. The lowest BCUT2D eigenvalue weighted by atomic mass is 9.75. The van der Waals surface area contributed by atoms with Gasteiger partial charge in [-0.15, -0.1) is 0 Å². The largest absolute Gasteiger partial charge is 0.235 e. The molecule has 1 saturated carbocycles. The predicted octanol–water partition coefficient (Wildman–Crippen LogP) is 1.80. The highest BCUT2D eigenvalue weighted by Gasteiger charge is 2.50. The highest BCUT2D eigenvalue weighted by molar-refractivity contribution is 5.09. The van der Waals surface area contributed by atoms with E-state index in [0.717, 1.165) is 11.8 Å². The Morgan fingerprint density at radius 3 is 2.58 bits per heavy atom. The van der Waals surface area contributed by atoms with E-state index in [0.29, 0.717) is 0 Å². The number of hydrogen-bond acceptors (Lipinski definition) is 2. The highest BCUT2D eigenvalue weighted by Crippen LogP contribution is 2.41. The molecular formula is C10H18N2. The van der Waals surface area contributed by atoms with Crippen molar-refractivity contribution in [2.24, 2.45) is 11.8 Å². The van der Waals surface area contributed by atoms with Crippen LogP contribution < -0.4 is 10.9 Å². The van der Waals surface area contributed by atoms with Gasteiger partial charge in [-0.1, -0.05) is 19.1 Å². The van der Waals surface area contributed by atoms with E-state index in [1.165, 1.54) is 24.8 Å². The summed E-state index contributed by atoms with van der Waals surface area (Å²) < 4.78 is 0. The van der Waals surface area contributed by atoms with Gasteiger partial charge in [0.15, 0.2) is 0 Å². The van der Waals surface area contributed by atoms with Gasteiger partial charge < -0.3 is 0 Å². The molecule has 1 heterocycles. The summed E-state index contributed by atoms with van der Waals surface area (Å²) in [6.45, 7) is 8.51. The summed E-state index contributed by atoms with van der Waals surface area (Å²) in [6.07, 6.45) is 3.86. The van der Waals surface area contributed by atoms with Crippen LogP contribution >= 0.6 is 0 Å². The van der Waals surface area contributed by atoms with Crippen LogP contribution in [0.2, 0.25) is 0 Å². The van der Waals surface area contributed by atoms with E-state index in [9.17, 15) is 0 Å². The Labute approximate surface area is 74.4 Å². The summed E-state index contributed by atoms with van der Waals surface area (Å²) in [6, 6.07) is 0. The molecule has 2 heteroatoms. The summed E-state index contributed by atoms with van der Waals surface area (Å²) >= 11 is 0. The molecule has 0 bridgehead atoms. The molecule has 1 aliphatic heterocycles. The third kappa shape index (κ3) is 1.19. The fraction of sp³-hybridized carbons (Fsp3) is 0.800. The van der Waals surface area contributed by atoms with Crippen LogP contribution in [0.4, 0.5) is 0 Å². The zero-order chi connectivity index (χ0) is 8.77. The van der Waals surface area contributed by atoms with Crippen molar-refractivity contribution in [3.63, 3.8) is 0 Å². The first kappa shape index (κ1) is 8.27. The fourth-order valence-corrected chi connectivity index (χ4v) is 2.24. The van der Waals surface area contributed by atoms with Crippen molar-refractivity contribution in [2.45, 2.75) is 38.8 Å². The number of rotatable bonds is 1. The van der Waals surface area contributed by atoms with Crippen LogP contribution in [0.5, 0.6) is 0 Å². The lowest BCUT2D eigenvalue weighted by Crippen LogP contribution is -2.35. The van der Waals surface area contributed by atoms with Crippen LogP contribution in [-0.4, -0.2) is 5.66 Å². The predicted molar refractivity (Wildman–Crippen MR) is 50.3 cm³/mol. The molecular weight excluding hydrogens is 148 g/mol. The number of allylic oxidation sites excluding steroid dienone is 1.